The standard InChI is InChI=1S/C24H18F3NO5/c25-24(26,27)13-33-21-10-9-14(11-19(21)22(29)30)28-23(31)32-12-20-17-7-3-1-5-15(17)16-6-2-4-8-18(16)20/h1-11,20H,12-13H2,(H,28,31)(H,29,30). The highest BCUT2D eigenvalue weighted by atomic mass is 19.4. The molecule has 6 nitrogen and oxygen atoms in total. The number of carbonyl (C=O) groups excluding carboxylic acids is 1. The van der Waals surface area contributed by atoms with Crippen molar-refractivity contribution in [2.75, 3.05) is 18.5 Å². The van der Waals surface area contributed by atoms with Crippen molar-refractivity contribution in [1.29, 1.82) is 0 Å². The molecule has 0 saturated heterocycles. The lowest BCUT2D eigenvalue weighted by Gasteiger charge is -2.15. The van der Waals surface area contributed by atoms with Crippen LogP contribution in [0.3, 0.4) is 0 Å². The van der Waals surface area contributed by atoms with E-state index in [-0.39, 0.29) is 18.2 Å². The van der Waals surface area contributed by atoms with Gasteiger partial charge in [-0.1, -0.05) is 48.5 Å². The number of nitrogens with one attached hydrogen (secondary N) is 1. The maximum Gasteiger partial charge on any atom is 0.422 e. The zero-order valence-electron chi connectivity index (χ0n) is 17.1. The quantitative estimate of drug-likeness (QED) is 0.497. The second kappa shape index (κ2) is 8.85. The lowest BCUT2D eigenvalue weighted by molar-refractivity contribution is -0.153. The third-order valence-electron chi connectivity index (χ3n) is 5.19. The number of ether oxygens (including phenoxy) is 2. The van der Waals surface area contributed by atoms with Gasteiger partial charge >= 0.3 is 18.2 Å². The van der Waals surface area contributed by atoms with Crippen LogP contribution in [0.5, 0.6) is 5.75 Å². The van der Waals surface area contributed by atoms with Gasteiger partial charge in [0.05, 0.1) is 0 Å². The summed E-state index contributed by atoms with van der Waals surface area (Å²) in [6, 6.07) is 18.9. The number of rotatable bonds is 6. The molecule has 3 aromatic carbocycles. The lowest BCUT2D eigenvalue weighted by Crippen LogP contribution is -2.20. The molecule has 0 heterocycles. The van der Waals surface area contributed by atoms with Crippen LogP contribution in [-0.4, -0.2) is 36.6 Å². The molecule has 1 aliphatic carbocycles. The van der Waals surface area contributed by atoms with E-state index in [1.165, 1.54) is 6.07 Å². The third kappa shape index (κ3) is 4.92. The SMILES string of the molecule is O=C(Nc1ccc(OCC(F)(F)F)c(C(=O)O)c1)OCC1c2ccccc2-c2ccccc21. The highest BCUT2D eigenvalue weighted by Crippen LogP contribution is 2.44. The Bertz CT molecular complexity index is 1160. The Morgan fingerprint density at radius 3 is 2.12 bits per heavy atom. The lowest BCUT2D eigenvalue weighted by atomic mass is 9.98. The molecule has 1 amide bonds. The number of aromatic carboxylic acids is 1. The minimum absolute atomic E-state index is 0.0454. The van der Waals surface area contributed by atoms with Crippen molar-refractivity contribution in [1.82, 2.24) is 0 Å². The highest BCUT2D eigenvalue weighted by molar-refractivity contribution is 5.94. The van der Waals surface area contributed by atoms with Crippen LogP contribution >= 0.6 is 0 Å². The van der Waals surface area contributed by atoms with E-state index in [0.29, 0.717) is 0 Å². The Hall–Kier alpha value is -4.01. The summed E-state index contributed by atoms with van der Waals surface area (Å²) in [5.41, 5.74) is 3.74. The molecule has 0 saturated carbocycles. The van der Waals surface area contributed by atoms with Crippen LogP contribution < -0.4 is 10.1 Å². The van der Waals surface area contributed by atoms with Gasteiger partial charge in [-0.25, -0.2) is 9.59 Å². The van der Waals surface area contributed by atoms with Crippen molar-refractivity contribution in [2.24, 2.45) is 0 Å². The van der Waals surface area contributed by atoms with Crippen LogP contribution in [0, 0.1) is 0 Å². The van der Waals surface area contributed by atoms with Crippen molar-refractivity contribution < 1.29 is 37.3 Å². The van der Waals surface area contributed by atoms with Crippen LogP contribution in [0.2, 0.25) is 0 Å². The normalized spacial score (nSPS) is 12.6. The number of fused-ring (bicyclic) bond motifs is 3. The first kappa shape index (κ1) is 22.2. The highest BCUT2D eigenvalue weighted by Gasteiger charge is 2.30. The van der Waals surface area contributed by atoms with E-state index in [1.54, 1.807) is 0 Å². The zero-order valence-corrected chi connectivity index (χ0v) is 17.1. The van der Waals surface area contributed by atoms with Gasteiger partial charge in [-0.05, 0) is 40.5 Å². The fraction of sp³-hybridized carbons (Fsp3) is 0.167. The van der Waals surface area contributed by atoms with Crippen LogP contribution in [-0.2, 0) is 4.74 Å². The minimum atomic E-state index is -4.62. The van der Waals surface area contributed by atoms with Crippen molar-refractivity contribution in [3.63, 3.8) is 0 Å². The van der Waals surface area contributed by atoms with Crippen LogP contribution in [0.25, 0.3) is 11.1 Å². The first-order chi connectivity index (χ1) is 15.7. The van der Waals surface area contributed by atoms with Gasteiger partial charge in [0, 0.05) is 11.6 Å². The summed E-state index contributed by atoms with van der Waals surface area (Å²) in [5, 5.41) is 11.7. The van der Waals surface area contributed by atoms with E-state index in [0.717, 1.165) is 34.4 Å². The monoisotopic (exact) mass is 457 g/mol. The number of carboxylic acid groups (broad SMARTS) is 1. The van der Waals surface area contributed by atoms with Crippen LogP contribution in [0.1, 0.15) is 27.4 Å². The number of hydrogen-bond donors (Lipinski definition) is 2. The van der Waals surface area contributed by atoms with Crippen molar-refractivity contribution in [3.8, 4) is 16.9 Å². The summed E-state index contributed by atoms with van der Waals surface area (Å²) in [5.74, 6) is -2.11. The Balaban J connectivity index is 1.44. The number of benzene rings is 3. The Kier molecular flexibility index (Phi) is 5.95. The number of halogens is 3. The molecular weight excluding hydrogens is 439 g/mol. The molecule has 0 bridgehead atoms. The molecule has 9 heteroatoms. The van der Waals surface area contributed by atoms with Crippen molar-refractivity contribution >= 4 is 17.7 Å². The third-order valence-corrected chi connectivity index (χ3v) is 5.19. The molecule has 2 N–H and O–H groups in total. The van der Waals surface area contributed by atoms with Crippen LogP contribution in [0.4, 0.5) is 23.7 Å². The predicted octanol–water partition coefficient (Wildman–Crippen LogP) is 5.69. The maximum atomic E-state index is 12.4. The van der Waals surface area contributed by atoms with Crippen molar-refractivity contribution in [2.45, 2.75) is 12.1 Å². The minimum Gasteiger partial charge on any atom is -0.483 e. The molecule has 0 radical (unpaired) electrons. The number of carbonyl (C=O) groups is 2. The topological polar surface area (TPSA) is 84.9 Å². The summed E-state index contributed by atoms with van der Waals surface area (Å²) in [6.07, 6.45) is -5.44. The molecule has 170 valence electrons. The largest absolute Gasteiger partial charge is 0.483 e. The van der Waals surface area contributed by atoms with Gasteiger partial charge in [0.1, 0.15) is 17.9 Å². The Morgan fingerprint density at radius 1 is 0.939 bits per heavy atom. The molecule has 4 rings (SSSR count). The number of carboxylic acids is 1. The molecule has 0 fully saturated rings. The molecule has 0 atom stereocenters. The average Bonchev–Trinajstić information content (AvgIpc) is 3.10. The maximum absolute atomic E-state index is 12.4. The van der Waals surface area contributed by atoms with Gasteiger partial charge < -0.3 is 14.6 Å². The zero-order chi connectivity index (χ0) is 23.6. The van der Waals surface area contributed by atoms with E-state index in [2.05, 4.69) is 10.1 Å². The average molecular weight is 457 g/mol. The van der Waals surface area contributed by atoms with Gasteiger partial charge in [0.25, 0.3) is 0 Å². The van der Waals surface area contributed by atoms with E-state index >= 15 is 0 Å². The van der Waals surface area contributed by atoms with Crippen LogP contribution in [0.15, 0.2) is 66.7 Å². The molecule has 0 spiro atoms. The summed E-state index contributed by atoms with van der Waals surface area (Å²) in [6.45, 7) is -1.58. The summed E-state index contributed by atoms with van der Waals surface area (Å²) in [4.78, 5) is 23.8. The van der Waals surface area contributed by atoms with Gasteiger partial charge in [-0.2, -0.15) is 13.2 Å². The first-order valence-corrected chi connectivity index (χ1v) is 9.92. The summed E-state index contributed by atoms with van der Waals surface area (Å²) < 4.78 is 47.1. The Labute approximate surface area is 186 Å². The molecule has 0 unspecified atom stereocenters. The number of alkyl halides is 3. The predicted molar refractivity (Wildman–Crippen MR) is 114 cm³/mol. The second-order valence-electron chi connectivity index (χ2n) is 7.37. The summed E-state index contributed by atoms with van der Waals surface area (Å²) >= 11 is 0. The summed E-state index contributed by atoms with van der Waals surface area (Å²) in [7, 11) is 0. The fourth-order valence-corrected chi connectivity index (χ4v) is 3.81. The van der Waals surface area contributed by atoms with E-state index in [1.807, 2.05) is 48.5 Å². The van der Waals surface area contributed by atoms with Gasteiger partial charge in [-0.15, -0.1) is 0 Å². The van der Waals surface area contributed by atoms with Gasteiger partial charge in [-0.3, -0.25) is 5.32 Å². The molecule has 3 aromatic rings. The first-order valence-electron chi connectivity index (χ1n) is 9.92. The van der Waals surface area contributed by atoms with Gasteiger partial charge in [0.2, 0.25) is 0 Å². The van der Waals surface area contributed by atoms with E-state index in [4.69, 9.17) is 4.74 Å². The molecule has 0 aliphatic heterocycles. The Morgan fingerprint density at radius 2 is 1.55 bits per heavy atom. The fourth-order valence-electron chi connectivity index (χ4n) is 3.81. The smallest absolute Gasteiger partial charge is 0.422 e. The number of amides is 1. The molecular formula is C24H18F3NO5. The molecule has 0 aromatic heterocycles. The van der Waals surface area contributed by atoms with E-state index in [9.17, 15) is 27.9 Å². The second-order valence-corrected chi connectivity index (χ2v) is 7.37. The number of hydrogen-bond acceptors (Lipinski definition) is 4. The molecule has 33 heavy (non-hydrogen) atoms. The van der Waals surface area contributed by atoms with Crippen molar-refractivity contribution in [3.05, 3.63) is 83.4 Å². The molecule has 1 aliphatic rings. The number of anilines is 1. The van der Waals surface area contributed by atoms with E-state index < -0.39 is 36.2 Å². The van der Waals surface area contributed by atoms with Gasteiger partial charge in [0.15, 0.2) is 6.61 Å².